The molecule has 2 aromatic rings. The van der Waals surface area contributed by atoms with Crippen LogP contribution in [0.4, 0.5) is 10.6 Å². The summed E-state index contributed by atoms with van der Waals surface area (Å²) in [5.74, 6) is 3.27. The monoisotopic (exact) mass is 385 g/mol. The second kappa shape index (κ2) is 8.35. The van der Waals surface area contributed by atoms with Crippen LogP contribution in [0.15, 0.2) is 36.4 Å². The van der Waals surface area contributed by atoms with Gasteiger partial charge in [-0.15, -0.1) is 0 Å². The molecule has 2 fully saturated rings. The highest BCUT2D eigenvalue weighted by atomic mass is 32.2. The van der Waals surface area contributed by atoms with Crippen LogP contribution in [0.3, 0.4) is 0 Å². The van der Waals surface area contributed by atoms with E-state index in [1.807, 2.05) is 48.3 Å². The Morgan fingerprint density at radius 2 is 1.81 bits per heavy atom. The first kappa shape index (κ1) is 18.4. The third-order valence-electron chi connectivity index (χ3n) is 5.49. The molecule has 0 bridgehead atoms. The number of rotatable bonds is 3. The smallest absolute Gasteiger partial charge is 0.322 e. The number of thioether (sulfide) groups is 1. The Labute approximate surface area is 164 Å². The van der Waals surface area contributed by atoms with Crippen LogP contribution in [-0.2, 0) is 7.05 Å². The molecule has 1 N–H and O–H groups in total. The van der Waals surface area contributed by atoms with Gasteiger partial charge in [0.25, 0.3) is 0 Å². The summed E-state index contributed by atoms with van der Waals surface area (Å²) in [7, 11) is 1.86. The molecule has 1 aromatic heterocycles. The fourth-order valence-electron chi connectivity index (χ4n) is 3.86. The van der Waals surface area contributed by atoms with Gasteiger partial charge in [0.05, 0.1) is 5.69 Å². The molecule has 1 aromatic carbocycles. The maximum atomic E-state index is 12.7. The van der Waals surface area contributed by atoms with Crippen LogP contribution in [0.5, 0.6) is 0 Å². The molecular formula is C20H27N5OS. The lowest BCUT2D eigenvalue weighted by Crippen LogP contribution is -2.53. The van der Waals surface area contributed by atoms with E-state index >= 15 is 0 Å². The summed E-state index contributed by atoms with van der Waals surface area (Å²) in [6.45, 7) is 3.53. The Morgan fingerprint density at radius 3 is 2.52 bits per heavy atom. The Bertz CT molecular complexity index is 764. The fourth-order valence-corrected chi connectivity index (χ4v) is 4.94. The average molecular weight is 386 g/mol. The number of anilines is 1. The van der Waals surface area contributed by atoms with Crippen molar-refractivity contribution in [1.82, 2.24) is 19.6 Å². The molecule has 2 aliphatic rings. The van der Waals surface area contributed by atoms with Crippen molar-refractivity contribution >= 4 is 23.6 Å². The third-order valence-corrected chi connectivity index (χ3v) is 6.54. The van der Waals surface area contributed by atoms with Crippen LogP contribution >= 0.6 is 11.8 Å². The van der Waals surface area contributed by atoms with Crippen LogP contribution in [0, 0.1) is 0 Å². The summed E-state index contributed by atoms with van der Waals surface area (Å²) >= 11 is 2.06. The van der Waals surface area contributed by atoms with Gasteiger partial charge in [0.15, 0.2) is 0 Å². The van der Waals surface area contributed by atoms with Gasteiger partial charge in [-0.3, -0.25) is 14.9 Å². The molecule has 144 valence electrons. The largest absolute Gasteiger partial charge is 0.323 e. The van der Waals surface area contributed by atoms with Gasteiger partial charge >= 0.3 is 6.03 Å². The van der Waals surface area contributed by atoms with E-state index in [0.29, 0.717) is 6.04 Å². The SMILES string of the molecule is Cn1nc(-c2ccccc2)cc1NC(=O)N1CCN(C2CCSCC2)CC1. The topological polar surface area (TPSA) is 53.4 Å². The zero-order valence-corrected chi connectivity index (χ0v) is 16.6. The van der Waals surface area contributed by atoms with Crippen LogP contribution < -0.4 is 5.32 Å². The zero-order valence-electron chi connectivity index (χ0n) is 15.8. The van der Waals surface area contributed by atoms with E-state index in [4.69, 9.17) is 0 Å². The van der Waals surface area contributed by atoms with Gasteiger partial charge in [-0.05, 0) is 24.3 Å². The second-order valence-corrected chi connectivity index (χ2v) is 8.43. The lowest BCUT2D eigenvalue weighted by atomic mass is 10.1. The number of hydrogen-bond donors (Lipinski definition) is 1. The predicted molar refractivity (Wildman–Crippen MR) is 111 cm³/mol. The van der Waals surface area contributed by atoms with Gasteiger partial charge < -0.3 is 4.90 Å². The summed E-state index contributed by atoms with van der Waals surface area (Å²) < 4.78 is 1.73. The van der Waals surface area contributed by atoms with Gasteiger partial charge in [-0.2, -0.15) is 16.9 Å². The molecule has 2 aliphatic heterocycles. The van der Waals surface area contributed by atoms with E-state index < -0.39 is 0 Å². The van der Waals surface area contributed by atoms with E-state index in [2.05, 4.69) is 27.1 Å². The van der Waals surface area contributed by atoms with Crippen molar-refractivity contribution in [2.24, 2.45) is 7.05 Å². The molecule has 6 nitrogen and oxygen atoms in total. The summed E-state index contributed by atoms with van der Waals surface area (Å²) in [5.41, 5.74) is 1.92. The normalized spacial score (nSPS) is 19.2. The number of benzene rings is 1. The number of hydrogen-bond acceptors (Lipinski definition) is 4. The highest BCUT2D eigenvalue weighted by Crippen LogP contribution is 2.24. The third kappa shape index (κ3) is 4.30. The van der Waals surface area contributed by atoms with Crippen LogP contribution in [-0.4, -0.2) is 69.3 Å². The molecule has 0 radical (unpaired) electrons. The minimum atomic E-state index is -0.0311. The Kier molecular flexibility index (Phi) is 5.69. The number of aromatic nitrogens is 2. The minimum absolute atomic E-state index is 0.0311. The van der Waals surface area contributed by atoms with E-state index in [0.717, 1.165) is 43.3 Å². The highest BCUT2D eigenvalue weighted by molar-refractivity contribution is 7.99. The molecule has 27 heavy (non-hydrogen) atoms. The quantitative estimate of drug-likeness (QED) is 0.882. The van der Waals surface area contributed by atoms with E-state index in [1.54, 1.807) is 4.68 Å². The molecule has 0 aliphatic carbocycles. The molecular weight excluding hydrogens is 358 g/mol. The van der Waals surface area contributed by atoms with E-state index in [1.165, 1.54) is 24.3 Å². The maximum absolute atomic E-state index is 12.7. The number of nitrogens with zero attached hydrogens (tertiary/aromatic N) is 4. The predicted octanol–water partition coefficient (Wildman–Crippen LogP) is 3.13. The first-order chi connectivity index (χ1) is 13.2. The summed E-state index contributed by atoms with van der Waals surface area (Å²) in [6.07, 6.45) is 2.57. The lowest BCUT2D eigenvalue weighted by molar-refractivity contribution is 0.108. The molecule has 4 rings (SSSR count). The number of carbonyl (C=O) groups excluding carboxylic acids is 1. The molecule has 0 unspecified atom stereocenters. The Balaban J connectivity index is 1.34. The Morgan fingerprint density at radius 1 is 1.11 bits per heavy atom. The fraction of sp³-hybridized carbons (Fsp3) is 0.500. The Hall–Kier alpha value is -1.99. The first-order valence-electron chi connectivity index (χ1n) is 9.68. The number of piperazine rings is 1. The number of carbonyl (C=O) groups is 1. The molecule has 3 heterocycles. The number of nitrogens with one attached hydrogen (secondary N) is 1. The van der Waals surface area contributed by atoms with Crippen molar-refractivity contribution in [1.29, 1.82) is 0 Å². The van der Waals surface area contributed by atoms with Crippen molar-refractivity contribution in [3.8, 4) is 11.3 Å². The van der Waals surface area contributed by atoms with Crippen molar-refractivity contribution in [3.05, 3.63) is 36.4 Å². The van der Waals surface area contributed by atoms with Gasteiger partial charge in [0, 0.05) is 50.9 Å². The van der Waals surface area contributed by atoms with E-state index in [-0.39, 0.29) is 6.03 Å². The first-order valence-corrected chi connectivity index (χ1v) is 10.8. The van der Waals surface area contributed by atoms with Crippen molar-refractivity contribution in [3.63, 3.8) is 0 Å². The van der Waals surface area contributed by atoms with Gasteiger partial charge in [-0.1, -0.05) is 30.3 Å². The molecule has 7 heteroatoms. The van der Waals surface area contributed by atoms with Gasteiger partial charge in [0.1, 0.15) is 5.82 Å². The molecule has 2 saturated heterocycles. The lowest BCUT2D eigenvalue weighted by Gasteiger charge is -2.40. The summed E-state index contributed by atoms with van der Waals surface area (Å²) in [4.78, 5) is 17.2. The number of amides is 2. The maximum Gasteiger partial charge on any atom is 0.323 e. The zero-order chi connectivity index (χ0) is 18.6. The van der Waals surface area contributed by atoms with Gasteiger partial charge in [0.2, 0.25) is 0 Å². The van der Waals surface area contributed by atoms with Crippen LogP contribution in [0.2, 0.25) is 0 Å². The van der Waals surface area contributed by atoms with E-state index in [9.17, 15) is 4.79 Å². The molecule has 0 saturated carbocycles. The standard InChI is InChI=1S/C20H27N5OS/c1-23-19(15-18(22-23)16-5-3-2-4-6-16)21-20(26)25-11-9-24(10-12-25)17-7-13-27-14-8-17/h2-6,15,17H,7-14H2,1H3,(H,21,26). The summed E-state index contributed by atoms with van der Waals surface area (Å²) in [6, 6.07) is 12.6. The average Bonchev–Trinajstić information content (AvgIpc) is 3.10. The summed E-state index contributed by atoms with van der Waals surface area (Å²) in [5, 5.41) is 7.56. The molecule has 0 atom stereocenters. The van der Waals surface area contributed by atoms with Crippen LogP contribution in [0.1, 0.15) is 12.8 Å². The highest BCUT2D eigenvalue weighted by Gasteiger charge is 2.27. The van der Waals surface area contributed by atoms with Crippen molar-refractivity contribution in [2.45, 2.75) is 18.9 Å². The van der Waals surface area contributed by atoms with Crippen molar-refractivity contribution < 1.29 is 4.79 Å². The molecule has 2 amide bonds. The second-order valence-electron chi connectivity index (χ2n) is 7.20. The van der Waals surface area contributed by atoms with Crippen LogP contribution in [0.25, 0.3) is 11.3 Å². The number of urea groups is 1. The minimum Gasteiger partial charge on any atom is -0.322 e. The van der Waals surface area contributed by atoms with Gasteiger partial charge in [-0.25, -0.2) is 4.79 Å². The number of aryl methyl sites for hydroxylation is 1. The van der Waals surface area contributed by atoms with Crippen molar-refractivity contribution in [2.75, 3.05) is 43.0 Å². The molecule has 0 spiro atoms.